The van der Waals surface area contributed by atoms with Gasteiger partial charge in [-0.05, 0) is 36.8 Å². The van der Waals surface area contributed by atoms with Crippen LogP contribution >= 0.6 is 11.6 Å². The van der Waals surface area contributed by atoms with Crippen molar-refractivity contribution in [3.8, 4) is 29.1 Å². The van der Waals surface area contributed by atoms with E-state index in [1.807, 2.05) is 24.3 Å². The molecule has 3 aromatic carbocycles. The minimum absolute atomic E-state index is 0.0104. The van der Waals surface area contributed by atoms with Crippen molar-refractivity contribution in [3.05, 3.63) is 93.8 Å². The Kier molecular flexibility index (Phi) is 7.67. The zero-order chi connectivity index (χ0) is 25.7. The van der Waals surface area contributed by atoms with E-state index in [2.05, 4.69) is 13.0 Å². The Morgan fingerprint density at radius 1 is 1.11 bits per heavy atom. The molecule has 3 aromatic rings. The van der Waals surface area contributed by atoms with E-state index in [4.69, 9.17) is 36.3 Å². The number of para-hydroxylation sites is 1. The average Bonchev–Trinajstić information content (AvgIpc) is 2.88. The van der Waals surface area contributed by atoms with Crippen LogP contribution in [0.1, 0.15) is 47.2 Å². The number of hydrogen-bond acceptors (Lipinski definition) is 7. The van der Waals surface area contributed by atoms with E-state index in [-0.39, 0.29) is 22.8 Å². The molecule has 7 nitrogen and oxygen atoms in total. The van der Waals surface area contributed by atoms with E-state index in [9.17, 15) is 10.1 Å². The SMILES string of the molecule is CCCCOc1ccccc1C1C(C#N)=C(N)Oc2cc(OC(=O)c3ccc(OC)c(Cl)c3)ccc21. The van der Waals surface area contributed by atoms with Crippen LogP contribution in [-0.2, 0) is 0 Å². The molecule has 1 heterocycles. The third-order valence-electron chi connectivity index (χ3n) is 5.77. The van der Waals surface area contributed by atoms with Crippen LogP contribution in [0.5, 0.6) is 23.0 Å². The highest BCUT2D eigenvalue weighted by atomic mass is 35.5. The van der Waals surface area contributed by atoms with Crippen LogP contribution in [0.2, 0.25) is 5.02 Å². The Hall–Kier alpha value is -4.15. The maximum Gasteiger partial charge on any atom is 0.343 e. The number of nitriles is 1. The van der Waals surface area contributed by atoms with Crippen molar-refractivity contribution in [3.63, 3.8) is 0 Å². The van der Waals surface area contributed by atoms with Gasteiger partial charge in [-0.25, -0.2) is 4.79 Å². The van der Waals surface area contributed by atoms with Gasteiger partial charge in [0.15, 0.2) is 0 Å². The number of esters is 1. The number of carbonyl (C=O) groups excluding carboxylic acids is 1. The molecule has 36 heavy (non-hydrogen) atoms. The Morgan fingerprint density at radius 3 is 2.64 bits per heavy atom. The van der Waals surface area contributed by atoms with Gasteiger partial charge in [0.25, 0.3) is 0 Å². The highest BCUT2D eigenvalue weighted by molar-refractivity contribution is 6.32. The number of benzene rings is 3. The minimum atomic E-state index is -0.595. The number of halogens is 1. The second-order valence-corrected chi connectivity index (χ2v) is 8.51. The monoisotopic (exact) mass is 504 g/mol. The van der Waals surface area contributed by atoms with Gasteiger partial charge in [-0.15, -0.1) is 0 Å². The fraction of sp³-hybridized carbons (Fsp3) is 0.214. The Labute approximate surface area is 214 Å². The molecule has 0 bridgehead atoms. The van der Waals surface area contributed by atoms with Gasteiger partial charge < -0.3 is 24.7 Å². The number of unbranched alkanes of at least 4 members (excludes halogenated alkanes) is 1. The van der Waals surface area contributed by atoms with Gasteiger partial charge in [0.05, 0.1) is 30.2 Å². The summed E-state index contributed by atoms with van der Waals surface area (Å²) < 4.78 is 22.5. The Morgan fingerprint density at radius 2 is 1.92 bits per heavy atom. The fourth-order valence-corrected chi connectivity index (χ4v) is 4.21. The van der Waals surface area contributed by atoms with E-state index in [0.29, 0.717) is 34.4 Å². The molecule has 8 heteroatoms. The van der Waals surface area contributed by atoms with Gasteiger partial charge in [0, 0.05) is 17.2 Å². The predicted molar refractivity (Wildman–Crippen MR) is 136 cm³/mol. The number of methoxy groups -OCH3 is 1. The standard InChI is InChI=1S/C28H25ClN2O5/c1-3-4-13-34-23-8-6-5-7-19(23)26-20-11-10-18(15-25(20)36-27(31)21(26)16-30)35-28(32)17-9-12-24(33-2)22(29)14-17/h5-12,14-15,26H,3-4,13,31H2,1-2H3. The first kappa shape index (κ1) is 25.0. The second-order valence-electron chi connectivity index (χ2n) is 8.10. The summed E-state index contributed by atoms with van der Waals surface area (Å²) in [6, 6.07) is 19.4. The molecule has 0 fully saturated rings. The number of ether oxygens (including phenoxy) is 4. The molecule has 0 spiro atoms. The molecule has 0 aliphatic carbocycles. The van der Waals surface area contributed by atoms with E-state index in [1.54, 1.807) is 30.3 Å². The summed E-state index contributed by atoms with van der Waals surface area (Å²) in [6.45, 7) is 2.66. The van der Waals surface area contributed by atoms with E-state index >= 15 is 0 Å². The quantitative estimate of drug-likeness (QED) is 0.229. The third-order valence-corrected chi connectivity index (χ3v) is 6.07. The summed E-state index contributed by atoms with van der Waals surface area (Å²) in [5.74, 6) is 0.670. The topological polar surface area (TPSA) is 104 Å². The van der Waals surface area contributed by atoms with E-state index < -0.39 is 11.9 Å². The highest BCUT2D eigenvalue weighted by Crippen LogP contribution is 2.46. The fourth-order valence-electron chi connectivity index (χ4n) is 3.96. The first-order valence-electron chi connectivity index (χ1n) is 11.5. The molecule has 184 valence electrons. The number of allylic oxidation sites excluding steroid dienone is 1. The van der Waals surface area contributed by atoms with E-state index in [1.165, 1.54) is 13.2 Å². The van der Waals surface area contributed by atoms with Crippen LogP contribution in [0.15, 0.2) is 72.1 Å². The largest absolute Gasteiger partial charge is 0.495 e. The van der Waals surface area contributed by atoms with E-state index in [0.717, 1.165) is 18.4 Å². The average molecular weight is 505 g/mol. The number of fused-ring (bicyclic) bond motifs is 1. The molecule has 0 saturated heterocycles. The summed E-state index contributed by atoms with van der Waals surface area (Å²) in [5, 5.41) is 10.2. The van der Waals surface area contributed by atoms with Crippen LogP contribution in [0.4, 0.5) is 0 Å². The van der Waals surface area contributed by atoms with Crippen LogP contribution < -0.4 is 24.7 Å². The second kappa shape index (κ2) is 11.1. The van der Waals surface area contributed by atoms with Crippen molar-refractivity contribution in [2.75, 3.05) is 13.7 Å². The van der Waals surface area contributed by atoms with Gasteiger partial charge in [-0.2, -0.15) is 5.26 Å². The molecule has 0 radical (unpaired) electrons. The number of carbonyl (C=O) groups is 1. The summed E-state index contributed by atoms with van der Waals surface area (Å²) in [7, 11) is 1.49. The van der Waals surface area contributed by atoms with Crippen LogP contribution in [-0.4, -0.2) is 19.7 Å². The number of nitrogens with two attached hydrogens (primary N) is 1. The Bertz CT molecular complexity index is 1360. The molecule has 0 aromatic heterocycles. The predicted octanol–water partition coefficient (Wildman–Crippen LogP) is 5.96. The molecular weight excluding hydrogens is 480 g/mol. The first-order valence-corrected chi connectivity index (χ1v) is 11.8. The van der Waals surface area contributed by atoms with Crippen molar-refractivity contribution in [2.45, 2.75) is 25.7 Å². The number of hydrogen-bond donors (Lipinski definition) is 1. The zero-order valence-electron chi connectivity index (χ0n) is 19.9. The van der Waals surface area contributed by atoms with Crippen LogP contribution in [0.3, 0.4) is 0 Å². The lowest BCUT2D eigenvalue weighted by molar-refractivity contribution is 0.0734. The molecule has 1 aliphatic heterocycles. The molecule has 1 unspecified atom stereocenters. The summed E-state index contributed by atoms with van der Waals surface area (Å²) >= 11 is 6.13. The first-order chi connectivity index (χ1) is 17.5. The lowest BCUT2D eigenvalue weighted by Crippen LogP contribution is -2.21. The van der Waals surface area contributed by atoms with Gasteiger partial charge in [0.1, 0.15) is 34.6 Å². The lowest BCUT2D eigenvalue weighted by atomic mass is 9.83. The van der Waals surface area contributed by atoms with Crippen molar-refractivity contribution >= 4 is 17.6 Å². The molecule has 4 rings (SSSR count). The molecular formula is C28H25ClN2O5. The maximum atomic E-state index is 12.7. The maximum absolute atomic E-state index is 12.7. The Balaban J connectivity index is 1.66. The number of rotatable bonds is 8. The van der Waals surface area contributed by atoms with Gasteiger partial charge in [0.2, 0.25) is 5.88 Å². The van der Waals surface area contributed by atoms with Crippen LogP contribution in [0.25, 0.3) is 0 Å². The summed E-state index contributed by atoms with van der Waals surface area (Å²) in [4.78, 5) is 12.7. The molecule has 2 N–H and O–H groups in total. The summed E-state index contributed by atoms with van der Waals surface area (Å²) in [5.41, 5.74) is 8.21. The molecule has 1 atom stereocenters. The smallest absolute Gasteiger partial charge is 0.343 e. The highest BCUT2D eigenvalue weighted by Gasteiger charge is 2.33. The van der Waals surface area contributed by atoms with Crippen LogP contribution in [0, 0.1) is 11.3 Å². The van der Waals surface area contributed by atoms with Crippen molar-refractivity contribution in [1.29, 1.82) is 5.26 Å². The van der Waals surface area contributed by atoms with Crippen molar-refractivity contribution < 1.29 is 23.7 Å². The lowest BCUT2D eigenvalue weighted by Gasteiger charge is -2.28. The van der Waals surface area contributed by atoms with Gasteiger partial charge in [-0.3, -0.25) is 0 Å². The van der Waals surface area contributed by atoms with Crippen molar-refractivity contribution in [2.24, 2.45) is 5.73 Å². The van der Waals surface area contributed by atoms with Gasteiger partial charge in [-0.1, -0.05) is 49.2 Å². The minimum Gasteiger partial charge on any atom is -0.495 e. The molecule has 0 saturated carbocycles. The summed E-state index contributed by atoms with van der Waals surface area (Å²) in [6.07, 6.45) is 1.92. The van der Waals surface area contributed by atoms with Gasteiger partial charge >= 0.3 is 5.97 Å². The third kappa shape index (κ3) is 5.09. The normalized spacial score (nSPS) is 14.3. The number of nitrogens with zero attached hydrogens (tertiary/aromatic N) is 1. The zero-order valence-corrected chi connectivity index (χ0v) is 20.7. The molecule has 0 amide bonds. The molecule has 1 aliphatic rings. The van der Waals surface area contributed by atoms with Crippen molar-refractivity contribution in [1.82, 2.24) is 0 Å².